The van der Waals surface area contributed by atoms with Gasteiger partial charge < -0.3 is 10.0 Å². The van der Waals surface area contributed by atoms with Crippen molar-refractivity contribution in [1.29, 1.82) is 0 Å². The topological polar surface area (TPSA) is 36.4 Å². The third-order valence-corrected chi connectivity index (χ3v) is 3.10. The second-order valence-electron chi connectivity index (χ2n) is 4.13. The van der Waals surface area contributed by atoms with Gasteiger partial charge in [0.2, 0.25) is 0 Å². The summed E-state index contributed by atoms with van der Waals surface area (Å²) in [7, 11) is 1.95. The molecular weight excluding hydrogens is 196 g/mol. The van der Waals surface area contributed by atoms with Crippen LogP contribution in [0.1, 0.15) is 25.6 Å². The number of rotatable bonds is 4. The molecule has 0 saturated heterocycles. The highest BCUT2D eigenvalue weighted by Crippen LogP contribution is 2.22. The molecule has 1 aromatic rings. The van der Waals surface area contributed by atoms with Gasteiger partial charge in [-0.3, -0.25) is 0 Å². The molecule has 14 heavy (non-hydrogen) atoms. The largest absolute Gasteiger partial charge is 0.389 e. The molecule has 3 nitrogen and oxygen atoms in total. The average molecular weight is 214 g/mol. The Morgan fingerprint density at radius 2 is 2.21 bits per heavy atom. The van der Waals surface area contributed by atoms with Crippen LogP contribution < -0.4 is 4.90 Å². The van der Waals surface area contributed by atoms with Gasteiger partial charge in [0.05, 0.1) is 5.60 Å². The van der Waals surface area contributed by atoms with E-state index in [1.807, 2.05) is 18.1 Å². The van der Waals surface area contributed by atoms with Crippen molar-refractivity contribution in [2.75, 3.05) is 18.5 Å². The van der Waals surface area contributed by atoms with Crippen LogP contribution in [0.2, 0.25) is 0 Å². The summed E-state index contributed by atoms with van der Waals surface area (Å²) in [5, 5.41) is 10.6. The van der Waals surface area contributed by atoms with Crippen molar-refractivity contribution in [3.63, 3.8) is 0 Å². The van der Waals surface area contributed by atoms with E-state index in [0.29, 0.717) is 6.54 Å². The van der Waals surface area contributed by atoms with Crippen LogP contribution in [-0.4, -0.2) is 29.3 Å². The van der Waals surface area contributed by atoms with Crippen molar-refractivity contribution >= 4 is 16.5 Å². The van der Waals surface area contributed by atoms with Crippen molar-refractivity contribution in [3.05, 3.63) is 11.1 Å². The molecule has 0 aliphatic rings. The van der Waals surface area contributed by atoms with Gasteiger partial charge in [0, 0.05) is 24.7 Å². The highest BCUT2D eigenvalue weighted by molar-refractivity contribution is 7.15. The van der Waals surface area contributed by atoms with Crippen molar-refractivity contribution in [1.82, 2.24) is 4.98 Å². The molecule has 0 fully saturated rings. The Kier molecular flexibility index (Phi) is 3.50. The maximum Gasteiger partial charge on any atom is 0.185 e. The van der Waals surface area contributed by atoms with Crippen LogP contribution in [0.15, 0.2) is 6.20 Å². The van der Waals surface area contributed by atoms with Gasteiger partial charge in [-0.15, -0.1) is 11.3 Å². The molecule has 1 heterocycles. The van der Waals surface area contributed by atoms with Crippen LogP contribution in [0.5, 0.6) is 0 Å². The number of anilines is 1. The van der Waals surface area contributed by atoms with Gasteiger partial charge >= 0.3 is 0 Å². The predicted molar refractivity (Wildman–Crippen MR) is 61.1 cm³/mol. The SMILES string of the molecule is CCc1cnc(N(C)CC(C)(C)O)s1. The summed E-state index contributed by atoms with van der Waals surface area (Å²) >= 11 is 1.69. The quantitative estimate of drug-likeness (QED) is 0.832. The van der Waals surface area contributed by atoms with Crippen LogP contribution in [0, 0.1) is 0 Å². The first-order valence-electron chi connectivity index (χ1n) is 4.80. The fraction of sp³-hybridized carbons (Fsp3) is 0.700. The zero-order chi connectivity index (χ0) is 10.8. The minimum atomic E-state index is -0.674. The van der Waals surface area contributed by atoms with Gasteiger partial charge in [0.1, 0.15) is 0 Å². The molecule has 0 radical (unpaired) electrons. The summed E-state index contributed by atoms with van der Waals surface area (Å²) in [6.07, 6.45) is 2.93. The molecule has 1 rings (SSSR count). The summed E-state index contributed by atoms with van der Waals surface area (Å²) in [5.41, 5.74) is -0.674. The van der Waals surface area contributed by atoms with Gasteiger partial charge in [-0.1, -0.05) is 6.92 Å². The van der Waals surface area contributed by atoms with E-state index in [9.17, 15) is 5.11 Å². The van der Waals surface area contributed by atoms with Crippen LogP contribution >= 0.6 is 11.3 Å². The fourth-order valence-corrected chi connectivity index (χ4v) is 2.10. The summed E-state index contributed by atoms with van der Waals surface area (Å²) in [6.45, 7) is 6.33. The number of aromatic nitrogens is 1. The molecule has 0 atom stereocenters. The van der Waals surface area contributed by atoms with E-state index < -0.39 is 5.60 Å². The van der Waals surface area contributed by atoms with E-state index in [2.05, 4.69) is 11.9 Å². The highest BCUT2D eigenvalue weighted by Gasteiger charge is 2.17. The van der Waals surface area contributed by atoms with E-state index >= 15 is 0 Å². The Morgan fingerprint density at radius 3 is 2.64 bits per heavy atom. The number of thiazole rings is 1. The Labute approximate surface area is 89.4 Å². The van der Waals surface area contributed by atoms with E-state index in [0.717, 1.165) is 11.6 Å². The third kappa shape index (κ3) is 3.27. The average Bonchev–Trinajstić information content (AvgIpc) is 2.48. The second-order valence-corrected chi connectivity index (χ2v) is 5.22. The normalized spacial score (nSPS) is 11.8. The molecule has 0 aliphatic heterocycles. The van der Waals surface area contributed by atoms with Gasteiger partial charge in [-0.25, -0.2) is 4.98 Å². The molecule has 1 N–H and O–H groups in total. The van der Waals surface area contributed by atoms with Crippen LogP contribution in [-0.2, 0) is 6.42 Å². The van der Waals surface area contributed by atoms with E-state index in [4.69, 9.17) is 0 Å². The summed E-state index contributed by atoms with van der Waals surface area (Å²) in [4.78, 5) is 7.57. The lowest BCUT2D eigenvalue weighted by molar-refractivity contribution is 0.0886. The maximum atomic E-state index is 9.65. The first-order valence-corrected chi connectivity index (χ1v) is 5.62. The molecule has 0 unspecified atom stereocenters. The first-order chi connectivity index (χ1) is 6.42. The lowest BCUT2D eigenvalue weighted by atomic mass is 10.1. The molecule has 0 aliphatic carbocycles. The Bertz CT molecular complexity index is 291. The lowest BCUT2D eigenvalue weighted by Gasteiger charge is -2.24. The second kappa shape index (κ2) is 4.28. The third-order valence-electron chi connectivity index (χ3n) is 1.84. The Balaban J connectivity index is 2.65. The number of aliphatic hydroxyl groups is 1. The molecule has 0 aromatic carbocycles. The fourth-order valence-electron chi connectivity index (χ4n) is 1.29. The van der Waals surface area contributed by atoms with Gasteiger partial charge in [-0.2, -0.15) is 0 Å². The minimum Gasteiger partial charge on any atom is -0.389 e. The predicted octanol–water partition coefficient (Wildman–Crippen LogP) is 1.91. The molecule has 0 amide bonds. The molecule has 1 aromatic heterocycles. The molecule has 0 saturated carbocycles. The monoisotopic (exact) mass is 214 g/mol. The van der Waals surface area contributed by atoms with E-state index in [1.54, 1.807) is 25.2 Å². The highest BCUT2D eigenvalue weighted by atomic mass is 32.1. The molecular formula is C10H18N2OS. The zero-order valence-corrected chi connectivity index (χ0v) is 10.1. The van der Waals surface area contributed by atoms with E-state index in [1.165, 1.54) is 4.88 Å². The van der Waals surface area contributed by atoms with Gasteiger partial charge in [0.15, 0.2) is 5.13 Å². The Morgan fingerprint density at radius 1 is 1.57 bits per heavy atom. The van der Waals surface area contributed by atoms with Crippen LogP contribution in [0.4, 0.5) is 5.13 Å². The number of hydrogen-bond acceptors (Lipinski definition) is 4. The Hall–Kier alpha value is -0.610. The van der Waals surface area contributed by atoms with Crippen LogP contribution in [0.3, 0.4) is 0 Å². The molecule has 0 bridgehead atoms. The van der Waals surface area contributed by atoms with Gasteiger partial charge in [-0.05, 0) is 20.3 Å². The minimum absolute atomic E-state index is 0.601. The number of likely N-dealkylation sites (N-methyl/N-ethyl adjacent to an activating group) is 1. The van der Waals surface area contributed by atoms with Crippen molar-refractivity contribution in [2.45, 2.75) is 32.8 Å². The summed E-state index contributed by atoms with van der Waals surface area (Å²) in [6, 6.07) is 0. The smallest absolute Gasteiger partial charge is 0.185 e. The van der Waals surface area contributed by atoms with Crippen LogP contribution in [0.25, 0.3) is 0 Å². The molecule has 0 spiro atoms. The van der Waals surface area contributed by atoms with E-state index in [-0.39, 0.29) is 0 Å². The van der Waals surface area contributed by atoms with Gasteiger partial charge in [0.25, 0.3) is 0 Å². The summed E-state index contributed by atoms with van der Waals surface area (Å²) in [5.74, 6) is 0. The van der Waals surface area contributed by atoms with Crippen molar-refractivity contribution in [2.24, 2.45) is 0 Å². The number of nitrogens with zero attached hydrogens (tertiary/aromatic N) is 2. The maximum absolute atomic E-state index is 9.65. The molecule has 4 heteroatoms. The zero-order valence-electron chi connectivity index (χ0n) is 9.24. The first kappa shape index (κ1) is 11.5. The lowest BCUT2D eigenvalue weighted by Crippen LogP contribution is -2.36. The molecule has 80 valence electrons. The number of aryl methyl sites for hydroxylation is 1. The van der Waals surface area contributed by atoms with Crippen molar-refractivity contribution < 1.29 is 5.11 Å². The number of hydrogen-bond donors (Lipinski definition) is 1. The summed E-state index contributed by atoms with van der Waals surface area (Å²) < 4.78 is 0. The van der Waals surface area contributed by atoms with Crippen molar-refractivity contribution in [3.8, 4) is 0 Å². The standard InChI is InChI=1S/C10H18N2OS/c1-5-8-6-11-9(14-8)12(4)7-10(2,3)13/h6,13H,5,7H2,1-4H3.